The molecule has 3 nitrogen and oxygen atoms in total. The molecule has 0 fully saturated rings. The molecule has 2 N–H and O–H groups in total. The van der Waals surface area contributed by atoms with Gasteiger partial charge in [0, 0.05) is 12.5 Å². The quantitative estimate of drug-likeness (QED) is 0.637. The molecule has 0 saturated carbocycles. The minimum Gasteiger partial charge on any atom is -0.469 e. The van der Waals surface area contributed by atoms with E-state index in [4.69, 9.17) is 5.73 Å². The van der Waals surface area contributed by atoms with Crippen LogP contribution in [0.25, 0.3) is 0 Å². The highest BCUT2D eigenvalue weighted by molar-refractivity contribution is 5.68. The summed E-state index contributed by atoms with van der Waals surface area (Å²) in [7, 11) is 1.43. The van der Waals surface area contributed by atoms with Crippen molar-refractivity contribution in [2.45, 2.75) is 66.3 Å². The van der Waals surface area contributed by atoms with Crippen LogP contribution in [-0.2, 0) is 9.53 Å². The van der Waals surface area contributed by atoms with Crippen LogP contribution in [0.4, 0.5) is 0 Å². The van der Waals surface area contributed by atoms with E-state index in [-0.39, 0.29) is 12.0 Å². The largest absolute Gasteiger partial charge is 0.469 e. The standard InChI is InChI=1S/C18H29NO2/c1-11-12(2)14(4)18(15(5)13(11)3)16(19)9-7-8-10-17(20)21-6/h16H,7-10,19H2,1-6H3. The lowest BCUT2D eigenvalue weighted by atomic mass is 9.85. The summed E-state index contributed by atoms with van der Waals surface area (Å²) in [6.45, 7) is 10.8. The normalized spacial score (nSPS) is 12.3. The molecule has 0 bridgehead atoms. The average Bonchev–Trinajstić information content (AvgIpc) is 2.47. The molecule has 0 aliphatic carbocycles. The molecule has 0 amide bonds. The molecule has 1 atom stereocenters. The van der Waals surface area contributed by atoms with Gasteiger partial charge < -0.3 is 10.5 Å². The summed E-state index contributed by atoms with van der Waals surface area (Å²) in [4.78, 5) is 11.1. The Morgan fingerprint density at radius 3 is 1.90 bits per heavy atom. The Bertz CT molecular complexity index is 491. The molecule has 0 aromatic heterocycles. The molecule has 118 valence electrons. The predicted molar refractivity (Wildman–Crippen MR) is 87.5 cm³/mol. The van der Waals surface area contributed by atoms with Crippen molar-refractivity contribution >= 4 is 5.97 Å². The Balaban J connectivity index is 2.79. The Labute approximate surface area is 128 Å². The average molecular weight is 291 g/mol. The van der Waals surface area contributed by atoms with Crippen LogP contribution in [-0.4, -0.2) is 13.1 Å². The Kier molecular flexibility index (Phi) is 6.41. The van der Waals surface area contributed by atoms with Crippen LogP contribution in [0.5, 0.6) is 0 Å². The number of nitrogens with two attached hydrogens (primary N) is 1. The highest BCUT2D eigenvalue weighted by Gasteiger charge is 2.17. The first-order chi connectivity index (χ1) is 9.81. The lowest BCUT2D eigenvalue weighted by Crippen LogP contribution is -2.16. The molecular weight excluding hydrogens is 262 g/mol. The fourth-order valence-corrected chi connectivity index (χ4v) is 2.97. The van der Waals surface area contributed by atoms with Gasteiger partial charge in [0.05, 0.1) is 7.11 Å². The van der Waals surface area contributed by atoms with Crippen molar-refractivity contribution in [3.8, 4) is 0 Å². The van der Waals surface area contributed by atoms with E-state index in [1.54, 1.807) is 0 Å². The zero-order valence-corrected chi connectivity index (χ0v) is 14.3. The molecule has 3 heteroatoms. The third kappa shape index (κ3) is 4.07. The Morgan fingerprint density at radius 2 is 1.43 bits per heavy atom. The maximum atomic E-state index is 11.1. The second-order valence-electron chi connectivity index (χ2n) is 5.97. The number of hydrogen-bond acceptors (Lipinski definition) is 3. The van der Waals surface area contributed by atoms with E-state index < -0.39 is 0 Å². The number of methoxy groups -OCH3 is 1. The summed E-state index contributed by atoms with van der Waals surface area (Å²) in [6.07, 6.45) is 3.16. The van der Waals surface area contributed by atoms with Crippen LogP contribution >= 0.6 is 0 Å². The molecule has 1 aromatic carbocycles. The highest BCUT2D eigenvalue weighted by Crippen LogP contribution is 2.31. The number of rotatable bonds is 6. The molecule has 1 rings (SSSR count). The van der Waals surface area contributed by atoms with Crippen molar-refractivity contribution in [3.05, 3.63) is 33.4 Å². The molecule has 0 aliphatic rings. The smallest absolute Gasteiger partial charge is 0.305 e. The van der Waals surface area contributed by atoms with E-state index in [1.807, 2.05) is 0 Å². The van der Waals surface area contributed by atoms with Gasteiger partial charge in [-0.1, -0.05) is 6.42 Å². The molecule has 0 aliphatic heterocycles. The van der Waals surface area contributed by atoms with Crippen molar-refractivity contribution in [3.63, 3.8) is 0 Å². The summed E-state index contributed by atoms with van der Waals surface area (Å²) >= 11 is 0. The zero-order chi connectivity index (χ0) is 16.2. The van der Waals surface area contributed by atoms with Crippen molar-refractivity contribution in [1.29, 1.82) is 0 Å². The van der Waals surface area contributed by atoms with E-state index in [2.05, 4.69) is 39.4 Å². The molecule has 0 radical (unpaired) electrons. The SMILES string of the molecule is COC(=O)CCCCC(N)c1c(C)c(C)c(C)c(C)c1C. The maximum absolute atomic E-state index is 11.1. The summed E-state index contributed by atoms with van der Waals surface area (Å²) < 4.78 is 4.65. The number of unbranched alkanes of at least 4 members (excludes halogenated alkanes) is 1. The maximum Gasteiger partial charge on any atom is 0.305 e. The summed E-state index contributed by atoms with van der Waals surface area (Å²) in [6, 6.07) is 0.0423. The van der Waals surface area contributed by atoms with E-state index >= 15 is 0 Å². The van der Waals surface area contributed by atoms with Crippen molar-refractivity contribution in [1.82, 2.24) is 0 Å². The van der Waals surface area contributed by atoms with E-state index in [0.29, 0.717) is 6.42 Å². The summed E-state index contributed by atoms with van der Waals surface area (Å²) in [5, 5.41) is 0. The van der Waals surface area contributed by atoms with Gasteiger partial charge in [0.25, 0.3) is 0 Å². The van der Waals surface area contributed by atoms with Gasteiger partial charge in [-0.15, -0.1) is 0 Å². The minimum absolute atomic E-state index is 0.0423. The molecule has 21 heavy (non-hydrogen) atoms. The van der Waals surface area contributed by atoms with Crippen LogP contribution in [0, 0.1) is 34.6 Å². The van der Waals surface area contributed by atoms with Crippen LogP contribution in [0.3, 0.4) is 0 Å². The lowest BCUT2D eigenvalue weighted by molar-refractivity contribution is -0.140. The van der Waals surface area contributed by atoms with Gasteiger partial charge >= 0.3 is 5.97 Å². The van der Waals surface area contributed by atoms with E-state index in [0.717, 1.165) is 19.3 Å². The van der Waals surface area contributed by atoms with Crippen LogP contribution in [0.2, 0.25) is 0 Å². The molecule has 1 aromatic rings. The monoisotopic (exact) mass is 291 g/mol. The number of ether oxygens (including phenoxy) is 1. The van der Waals surface area contributed by atoms with Crippen LogP contribution in [0.1, 0.15) is 65.1 Å². The molecular formula is C18H29NO2. The second-order valence-corrected chi connectivity index (χ2v) is 5.97. The molecule has 0 saturated heterocycles. The fraction of sp³-hybridized carbons (Fsp3) is 0.611. The first kappa shape index (κ1) is 17.7. The summed E-state index contributed by atoms with van der Waals surface area (Å²) in [5.41, 5.74) is 14.4. The van der Waals surface area contributed by atoms with Gasteiger partial charge in [-0.25, -0.2) is 0 Å². The van der Waals surface area contributed by atoms with Gasteiger partial charge in [0.1, 0.15) is 0 Å². The van der Waals surface area contributed by atoms with Crippen molar-refractivity contribution in [2.75, 3.05) is 7.11 Å². The Hall–Kier alpha value is -1.35. The number of esters is 1. The van der Waals surface area contributed by atoms with Gasteiger partial charge in [-0.05, 0) is 80.8 Å². The third-order valence-corrected chi connectivity index (χ3v) is 4.80. The van der Waals surface area contributed by atoms with Crippen molar-refractivity contribution in [2.24, 2.45) is 5.73 Å². The number of carbonyl (C=O) groups excluding carboxylic acids is 1. The topological polar surface area (TPSA) is 52.3 Å². The molecule has 0 heterocycles. The fourth-order valence-electron chi connectivity index (χ4n) is 2.97. The van der Waals surface area contributed by atoms with Gasteiger partial charge in [0.2, 0.25) is 0 Å². The van der Waals surface area contributed by atoms with Crippen molar-refractivity contribution < 1.29 is 9.53 Å². The lowest BCUT2D eigenvalue weighted by Gasteiger charge is -2.23. The Morgan fingerprint density at radius 1 is 0.952 bits per heavy atom. The van der Waals surface area contributed by atoms with Crippen LogP contribution < -0.4 is 5.73 Å². The third-order valence-electron chi connectivity index (χ3n) is 4.80. The number of carbonyl (C=O) groups is 1. The van der Waals surface area contributed by atoms with Gasteiger partial charge in [-0.3, -0.25) is 4.79 Å². The highest BCUT2D eigenvalue weighted by atomic mass is 16.5. The first-order valence-electron chi connectivity index (χ1n) is 7.70. The summed E-state index contributed by atoms with van der Waals surface area (Å²) in [5.74, 6) is -0.141. The number of benzene rings is 1. The van der Waals surface area contributed by atoms with Gasteiger partial charge in [0.15, 0.2) is 0 Å². The predicted octanol–water partition coefficient (Wildman–Crippen LogP) is 3.96. The molecule has 1 unspecified atom stereocenters. The van der Waals surface area contributed by atoms with E-state index in [9.17, 15) is 4.79 Å². The second kappa shape index (κ2) is 7.60. The first-order valence-corrected chi connectivity index (χ1v) is 7.70. The zero-order valence-electron chi connectivity index (χ0n) is 14.3. The molecule has 0 spiro atoms. The number of hydrogen-bond donors (Lipinski definition) is 1. The van der Waals surface area contributed by atoms with E-state index in [1.165, 1.54) is 40.5 Å². The van der Waals surface area contributed by atoms with Gasteiger partial charge in [-0.2, -0.15) is 0 Å². The minimum atomic E-state index is -0.141. The van der Waals surface area contributed by atoms with Crippen LogP contribution in [0.15, 0.2) is 0 Å².